The molecule has 1 atom stereocenters. The first-order chi connectivity index (χ1) is 14.5. The van der Waals surface area contributed by atoms with E-state index >= 15 is 0 Å². The van der Waals surface area contributed by atoms with Gasteiger partial charge in [0.15, 0.2) is 5.76 Å². The Labute approximate surface area is 175 Å². The fraction of sp³-hybridized carbons (Fsp3) is 0.0909. The summed E-state index contributed by atoms with van der Waals surface area (Å²) in [6.07, 6.45) is 1.33. The summed E-state index contributed by atoms with van der Waals surface area (Å²) in [6.45, 7) is 0. The quantitative estimate of drug-likeness (QED) is 0.644. The molecule has 2 heterocycles. The van der Waals surface area contributed by atoms with E-state index in [0.29, 0.717) is 38.4 Å². The summed E-state index contributed by atoms with van der Waals surface area (Å²) in [6, 6.07) is 15.3. The Hall–Kier alpha value is -3.65. The fourth-order valence-electron chi connectivity index (χ4n) is 3.05. The summed E-state index contributed by atoms with van der Waals surface area (Å²) in [7, 11) is 1.62. The minimum absolute atomic E-state index is 0.0909. The van der Waals surface area contributed by atoms with Crippen LogP contribution in [0.5, 0.6) is 17.2 Å². The number of aromatic carboxylic acids is 1. The molecule has 0 aliphatic carbocycles. The maximum absolute atomic E-state index is 13.4. The average Bonchev–Trinajstić information content (AvgIpc) is 3.05. The fourth-order valence-corrected chi connectivity index (χ4v) is 4.53. The molecular formula is C22H17NO6S. The van der Waals surface area contributed by atoms with Crippen LogP contribution in [0.1, 0.15) is 21.6 Å². The molecule has 8 heteroatoms. The summed E-state index contributed by atoms with van der Waals surface area (Å²) in [4.78, 5) is 16.0. The summed E-state index contributed by atoms with van der Waals surface area (Å²) in [5.41, 5.74) is 1.29. The Morgan fingerprint density at radius 3 is 2.20 bits per heavy atom. The van der Waals surface area contributed by atoms with Gasteiger partial charge in [-0.3, -0.25) is 0 Å². The van der Waals surface area contributed by atoms with E-state index in [2.05, 4.69) is 4.98 Å². The van der Waals surface area contributed by atoms with E-state index in [4.69, 9.17) is 19.3 Å². The van der Waals surface area contributed by atoms with Gasteiger partial charge >= 0.3 is 5.97 Å². The van der Waals surface area contributed by atoms with Crippen LogP contribution in [0.3, 0.4) is 0 Å². The van der Waals surface area contributed by atoms with Crippen molar-refractivity contribution in [1.29, 1.82) is 0 Å². The van der Waals surface area contributed by atoms with Gasteiger partial charge in [0.1, 0.15) is 22.9 Å². The highest BCUT2D eigenvalue weighted by molar-refractivity contribution is 7.95. The molecule has 0 bridgehead atoms. The molecule has 30 heavy (non-hydrogen) atoms. The predicted molar refractivity (Wildman–Crippen MR) is 111 cm³/mol. The van der Waals surface area contributed by atoms with Crippen LogP contribution in [0.2, 0.25) is 0 Å². The first kappa shape index (κ1) is 19.7. The Morgan fingerprint density at radius 1 is 0.933 bits per heavy atom. The first-order valence-corrected chi connectivity index (χ1v) is 10.0. The molecule has 0 fully saturated rings. The van der Waals surface area contributed by atoms with Crippen molar-refractivity contribution in [1.82, 2.24) is 4.98 Å². The number of hydrogen-bond acceptors (Lipinski definition) is 6. The average molecular weight is 423 g/mol. The molecule has 1 aromatic heterocycles. The van der Waals surface area contributed by atoms with Gasteiger partial charge in [0, 0.05) is 5.56 Å². The molecular weight excluding hydrogens is 406 g/mol. The number of hydrogen-bond donors (Lipinski definition) is 1. The van der Waals surface area contributed by atoms with Crippen LogP contribution in [0.4, 0.5) is 0 Å². The second-order valence-corrected chi connectivity index (χ2v) is 7.69. The second-order valence-electron chi connectivity index (χ2n) is 6.30. The topological polar surface area (TPSA) is 95.0 Å². The van der Waals surface area contributed by atoms with E-state index in [0.717, 1.165) is 5.56 Å². The van der Waals surface area contributed by atoms with Crippen LogP contribution in [0.15, 0.2) is 65.7 Å². The third-order valence-corrected chi connectivity index (χ3v) is 6.08. The van der Waals surface area contributed by atoms with Crippen molar-refractivity contribution in [3.8, 4) is 17.2 Å². The number of pyridine rings is 1. The normalized spacial score (nSPS) is 14.9. The van der Waals surface area contributed by atoms with Crippen molar-refractivity contribution >= 4 is 27.4 Å². The van der Waals surface area contributed by atoms with Gasteiger partial charge in [0.25, 0.3) is 0 Å². The largest absolute Gasteiger partial charge is 0.497 e. The van der Waals surface area contributed by atoms with E-state index in [-0.39, 0.29) is 5.69 Å². The lowest BCUT2D eigenvalue weighted by Gasteiger charge is -2.11. The number of ether oxygens (including phenoxy) is 3. The number of aromatic nitrogens is 1. The second kappa shape index (κ2) is 8.00. The van der Waals surface area contributed by atoms with Gasteiger partial charge in [0.2, 0.25) is 0 Å². The maximum atomic E-state index is 13.4. The Morgan fingerprint density at radius 2 is 1.60 bits per heavy atom. The van der Waals surface area contributed by atoms with Crippen molar-refractivity contribution in [2.75, 3.05) is 14.2 Å². The van der Waals surface area contributed by atoms with Crippen LogP contribution in [0, 0.1) is 0 Å². The molecule has 0 amide bonds. The van der Waals surface area contributed by atoms with Crippen molar-refractivity contribution in [2.45, 2.75) is 4.90 Å². The standard InChI is InChI=1S/C22H17NO6S/c1-27-14-5-3-13(4-6-14)21-20(29-16-8-10-18(22(24)25)23-12-16)17-9-7-15(28-2)11-19(17)30(21)26/h3-12H,1-2H3,(H,24,25). The molecule has 0 saturated carbocycles. The lowest BCUT2D eigenvalue weighted by atomic mass is 10.1. The SMILES string of the molecule is COc1ccc(C2=C(Oc3ccc(C(=O)O)nc3)c3ccc(OC)cc3S2=O)cc1. The maximum Gasteiger partial charge on any atom is 0.354 e. The van der Waals surface area contributed by atoms with Crippen LogP contribution in [-0.2, 0) is 10.8 Å². The van der Waals surface area contributed by atoms with Gasteiger partial charge < -0.3 is 19.3 Å². The zero-order chi connectivity index (χ0) is 21.3. The molecule has 1 N–H and O–H groups in total. The Bertz CT molecular complexity index is 1170. The van der Waals surface area contributed by atoms with E-state index < -0.39 is 16.8 Å². The lowest BCUT2D eigenvalue weighted by molar-refractivity contribution is 0.0690. The van der Waals surface area contributed by atoms with Gasteiger partial charge in [-0.25, -0.2) is 14.0 Å². The summed E-state index contributed by atoms with van der Waals surface area (Å²) < 4.78 is 29.9. The van der Waals surface area contributed by atoms with Crippen LogP contribution in [-0.4, -0.2) is 34.5 Å². The number of carbonyl (C=O) groups is 1. The summed E-state index contributed by atoms with van der Waals surface area (Å²) >= 11 is 0. The molecule has 1 aliphatic heterocycles. The molecule has 7 nitrogen and oxygen atoms in total. The first-order valence-electron chi connectivity index (χ1n) is 8.88. The molecule has 152 valence electrons. The van der Waals surface area contributed by atoms with E-state index in [1.165, 1.54) is 18.3 Å². The highest BCUT2D eigenvalue weighted by Gasteiger charge is 2.32. The number of carboxylic acids is 1. The Kier molecular flexibility index (Phi) is 5.24. The van der Waals surface area contributed by atoms with Crippen molar-refractivity contribution in [3.05, 3.63) is 77.6 Å². The number of fused-ring (bicyclic) bond motifs is 1. The highest BCUT2D eigenvalue weighted by atomic mass is 32.2. The number of nitrogens with zero attached hydrogens (tertiary/aromatic N) is 1. The highest BCUT2D eigenvalue weighted by Crippen LogP contribution is 2.44. The predicted octanol–water partition coefficient (Wildman–Crippen LogP) is 3.82. The Balaban J connectivity index is 1.82. The van der Waals surface area contributed by atoms with Gasteiger partial charge in [-0.1, -0.05) is 0 Å². The third kappa shape index (κ3) is 3.53. The number of carboxylic acid groups (broad SMARTS) is 1. The van der Waals surface area contributed by atoms with E-state index in [9.17, 15) is 9.00 Å². The minimum atomic E-state index is -1.50. The molecule has 2 aromatic carbocycles. The monoisotopic (exact) mass is 423 g/mol. The number of rotatable bonds is 6. The van der Waals surface area contributed by atoms with Crippen molar-refractivity contribution in [2.24, 2.45) is 0 Å². The smallest absolute Gasteiger partial charge is 0.354 e. The van der Waals surface area contributed by atoms with Crippen LogP contribution < -0.4 is 14.2 Å². The van der Waals surface area contributed by atoms with Crippen molar-refractivity contribution in [3.63, 3.8) is 0 Å². The molecule has 1 unspecified atom stereocenters. The van der Waals surface area contributed by atoms with Gasteiger partial charge in [0.05, 0.1) is 41.0 Å². The van der Waals surface area contributed by atoms with Gasteiger partial charge in [-0.2, -0.15) is 0 Å². The molecule has 0 saturated heterocycles. The summed E-state index contributed by atoms with van der Waals surface area (Å²) in [5.74, 6) is 0.893. The van der Waals surface area contributed by atoms with E-state index in [1.807, 2.05) is 12.1 Å². The van der Waals surface area contributed by atoms with Gasteiger partial charge in [-0.05, 0) is 60.2 Å². The van der Waals surface area contributed by atoms with Crippen molar-refractivity contribution < 1.29 is 28.3 Å². The number of benzene rings is 2. The molecule has 0 radical (unpaired) electrons. The lowest BCUT2D eigenvalue weighted by Crippen LogP contribution is -2.01. The molecule has 3 aromatic rings. The molecule has 1 aliphatic rings. The summed E-state index contributed by atoms with van der Waals surface area (Å²) in [5, 5.41) is 9.03. The van der Waals surface area contributed by atoms with Crippen LogP contribution in [0.25, 0.3) is 10.7 Å². The molecule has 4 rings (SSSR count). The van der Waals surface area contributed by atoms with Gasteiger partial charge in [-0.15, -0.1) is 0 Å². The van der Waals surface area contributed by atoms with E-state index in [1.54, 1.807) is 44.6 Å². The van der Waals surface area contributed by atoms with Crippen LogP contribution >= 0.6 is 0 Å². The zero-order valence-corrected chi connectivity index (χ0v) is 16.9. The molecule has 0 spiro atoms. The third-order valence-electron chi connectivity index (χ3n) is 4.55. The number of methoxy groups -OCH3 is 2. The zero-order valence-electron chi connectivity index (χ0n) is 16.1. The minimum Gasteiger partial charge on any atom is -0.497 e.